The topological polar surface area (TPSA) is 86.3 Å². The second-order valence-corrected chi connectivity index (χ2v) is 2.45. The summed E-state index contributed by atoms with van der Waals surface area (Å²) in [6.07, 6.45) is 2.05. The van der Waals surface area contributed by atoms with Gasteiger partial charge in [0.25, 0.3) is 5.69 Å². The molecule has 72 valence electrons. The van der Waals surface area contributed by atoms with Gasteiger partial charge in [0, 0.05) is 18.2 Å². The first-order valence-corrected chi connectivity index (χ1v) is 3.66. The lowest BCUT2D eigenvalue weighted by Crippen LogP contribution is -1.87. The quantitative estimate of drug-likeness (QED) is 0.542. The number of hydrogen-bond donors (Lipinski definition) is 0. The Kier molecular flexibility index (Phi) is 2.90. The van der Waals surface area contributed by atoms with E-state index in [4.69, 9.17) is 0 Å². The number of nitro groups is 2. The van der Waals surface area contributed by atoms with Crippen LogP contribution in [0.3, 0.4) is 0 Å². The smallest absolute Gasteiger partial charge is 0.259 e. The van der Waals surface area contributed by atoms with Crippen molar-refractivity contribution in [2.24, 2.45) is 0 Å². The Balaban J connectivity index is 2.83. The highest BCUT2D eigenvalue weighted by atomic mass is 16.6. The van der Waals surface area contributed by atoms with E-state index in [-0.39, 0.29) is 5.69 Å². The largest absolute Gasteiger partial charge is 0.269 e. The molecule has 0 spiro atoms. The third kappa shape index (κ3) is 2.67. The van der Waals surface area contributed by atoms with Crippen molar-refractivity contribution >= 4 is 11.8 Å². The van der Waals surface area contributed by atoms with E-state index in [9.17, 15) is 20.2 Å². The summed E-state index contributed by atoms with van der Waals surface area (Å²) in [5.41, 5.74) is 0.510. The number of hydrogen-bond acceptors (Lipinski definition) is 4. The normalized spacial score (nSPS) is 10.3. The van der Waals surface area contributed by atoms with E-state index >= 15 is 0 Å². The molecule has 0 N–H and O–H groups in total. The van der Waals surface area contributed by atoms with Gasteiger partial charge in [-0.25, -0.2) is 0 Å². The van der Waals surface area contributed by atoms with E-state index in [0.717, 1.165) is 6.20 Å². The van der Waals surface area contributed by atoms with Gasteiger partial charge in [0.15, 0.2) is 0 Å². The van der Waals surface area contributed by atoms with Gasteiger partial charge in [-0.2, -0.15) is 0 Å². The standard InChI is InChI=1S/C8H6N2O4/c11-9(12)6-5-7-1-3-8(4-2-7)10(13)14/h1-6H/b6-5-. The highest BCUT2D eigenvalue weighted by molar-refractivity contribution is 5.50. The van der Waals surface area contributed by atoms with Crippen LogP contribution in [0.15, 0.2) is 30.5 Å². The minimum Gasteiger partial charge on any atom is -0.259 e. The van der Waals surface area contributed by atoms with E-state index in [1.807, 2.05) is 0 Å². The average Bonchev–Trinajstić information content (AvgIpc) is 2.15. The van der Waals surface area contributed by atoms with Gasteiger partial charge < -0.3 is 0 Å². The van der Waals surface area contributed by atoms with Gasteiger partial charge in [-0.05, 0) is 17.7 Å². The number of non-ortho nitro benzene ring substituents is 1. The highest BCUT2D eigenvalue weighted by Gasteiger charge is 2.02. The predicted molar refractivity (Wildman–Crippen MR) is 49.1 cm³/mol. The average molecular weight is 194 g/mol. The van der Waals surface area contributed by atoms with Gasteiger partial charge in [-0.1, -0.05) is 0 Å². The van der Waals surface area contributed by atoms with E-state index < -0.39 is 9.85 Å². The minimum atomic E-state index is -0.596. The van der Waals surface area contributed by atoms with Crippen LogP contribution in [0.1, 0.15) is 5.56 Å². The third-order valence-corrected chi connectivity index (χ3v) is 1.49. The molecule has 0 heterocycles. The summed E-state index contributed by atoms with van der Waals surface area (Å²) >= 11 is 0. The molecule has 0 saturated carbocycles. The van der Waals surface area contributed by atoms with Crippen LogP contribution in [-0.4, -0.2) is 9.85 Å². The van der Waals surface area contributed by atoms with Crippen molar-refractivity contribution < 1.29 is 9.85 Å². The monoisotopic (exact) mass is 194 g/mol. The molecule has 14 heavy (non-hydrogen) atoms. The first-order valence-electron chi connectivity index (χ1n) is 3.66. The summed E-state index contributed by atoms with van der Waals surface area (Å²) in [4.78, 5) is 19.1. The molecule has 0 fully saturated rings. The molecule has 6 heteroatoms. The molecular weight excluding hydrogens is 188 g/mol. The van der Waals surface area contributed by atoms with Crippen molar-refractivity contribution in [1.29, 1.82) is 0 Å². The second-order valence-electron chi connectivity index (χ2n) is 2.45. The zero-order chi connectivity index (χ0) is 10.6. The molecule has 0 unspecified atom stereocenters. The molecule has 0 saturated heterocycles. The molecular formula is C8H6N2O4. The molecule has 1 aromatic rings. The summed E-state index contributed by atoms with van der Waals surface area (Å²) in [5.74, 6) is 0. The SMILES string of the molecule is O=[N+]([O-])/C=C\c1ccc([N+](=O)[O-])cc1. The lowest BCUT2D eigenvalue weighted by molar-refractivity contribution is -0.400. The van der Waals surface area contributed by atoms with Crippen molar-refractivity contribution in [2.45, 2.75) is 0 Å². The lowest BCUT2D eigenvalue weighted by atomic mass is 10.2. The van der Waals surface area contributed by atoms with E-state index in [1.165, 1.54) is 30.3 Å². The third-order valence-electron chi connectivity index (χ3n) is 1.49. The van der Waals surface area contributed by atoms with Crippen LogP contribution < -0.4 is 0 Å². The maximum absolute atomic E-state index is 10.3. The van der Waals surface area contributed by atoms with E-state index in [2.05, 4.69) is 0 Å². The van der Waals surface area contributed by atoms with Crippen LogP contribution >= 0.6 is 0 Å². The van der Waals surface area contributed by atoms with Crippen LogP contribution in [0, 0.1) is 20.2 Å². The maximum atomic E-state index is 10.3. The van der Waals surface area contributed by atoms with Crippen molar-refractivity contribution in [3.63, 3.8) is 0 Å². The molecule has 0 aliphatic heterocycles. The Labute approximate surface area is 78.8 Å². The molecule has 0 aromatic heterocycles. The first kappa shape index (κ1) is 9.85. The Hall–Kier alpha value is -2.24. The maximum Gasteiger partial charge on any atom is 0.269 e. The molecule has 0 aliphatic rings. The molecule has 0 aliphatic carbocycles. The zero-order valence-corrected chi connectivity index (χ0v) is 6.99. The second kappa shape index (κ2) is 4.13. The van der Waals surface area contributed by atoms with Gasteiger partial charge in [-0.15, -0.1) is 0 Å². The molecule has 1 rings (SSSR count). The fraction of sp³-hybridized carbons (Fsp3) is 0. The van der Waals surface area contributed by atoms with E-state index in [1.54, 1.807) is 0 Å². The Morgan fingerprint density at radius 3 is 2.07 bits per heavy atom. The molecule has 0 radical (unpaired) electrons. The highest BCUT2D eigenvalue weighted by Crippen LogP contribution is 2.12. The zero-order valence-electron chi connectivity index (χ0n) is 6.99. The first-order chi connectivity index (χ1) is 6.59. The van der Waals surface area contributed by atoms with Gasteiger partial charge in [-0.3, -0.25) is 20.2 Å². The van der Waals surface area contributed by atoms with Gasteiger partial charge in [0.1, 0.15) is 0 Å². The van der Waals surface area contributed by atoms with Crippen LogP contribution in [0.5, 0.6) is 0 Å². The molecule has 0 atom stereocenters. The minimum absolute atomic E-state index is 0.0387. The van der Waals surface area contributed by atoms with Crippen LogP contribution in [0.25, 0.3) is 6.08 Å². The predicted octanol–water partition coefficient (Wildman–Crippen LogP) is 1.84. The van der Waals surface area contributed by atoms with Crippen molar-refractivity contribution in [3.05, 3.63) is 56.3 Å². The lowest BCUT2D eigenvalue weighted by Gasteiger charge is -1.91. The van der Waals surface area contributed by atoms with E-state index in [0.29, 0.717) is 5.56 Å². The fourth-order valence-corrected chi connectivity index (χ4v) is 0.854. The summed E-state index contributed by atoms with van der Waals surface area (Å²) in [6, 6.07) is 5.47. The van der Waals surface area contributed by atoms with Crippen molar-refractivity contribution in [1.82, 2.24) is 0 Å². The Bertz CT molecular complexity index is 383. The van der Waals surface area contributed by atoms with Crippen molar-refractivity contribution in [3.8, 4) is 0 Å². The Morgan fingerprint density at radius 1 is 1.07 bits per heavy atom. The summed E-state index contributed by atoms with van der Waals surface area (Å²) < 4.78 is 0. The van der Waals surface area contributed by atoms with Crippen molar-refractivity contribution in [2.75, 3.05) is 0 Å². The van der Waals surface area contributed by atoms with Crippen LogP contribution in [0.4, 0.5) is 5.69 Å². The molecule has 0 bridgehead atoms. The van der Waals surface area contributed by atoms with Gasteiger partial charge in [0.2, 0.25) is 6.20 Å². The summed E-state index contributed by atoms with van der Waals surface area (Å²) in [7, 11) is 0. The summed E-state index contributed by atoms with van der Waals surface area (Å²) in [5, 5.41) is 20.2. The van der Waals surface area contributed by atoms with Gasteiger partial charge in [0.05, 0.1) is 9.85 Å². The molecule has 6 nitrogen and oxygen atoms in total. The van der Waals surface area contributed by atoms with Gasteiger partial charge >= 0.3 is 0 Å². The Morgan fingerprint density at radius 2 is 1.64 bits per heavy atom. The van der Waals surface area contributed by atoms with Crippen LogP contribution in [0.2, 0.25) is 0 Å². The summed E-state index contributed by atoms with van der Waals surface area (Å²) in [6.45, 7) is 0. The number of rotatable bonds is 3. The number of nitrogens with zero attached hydrogens (tertiary/aromatic N) is 2. The number of benzene rings is 1. The molecule has 1 aromatic carbocycles. The molecule has 0 amide bonds. The van der Waals surface area contributed by atoms with Crippen LogP contribution in [-0.2, 0) is 0 Å². The fourth-order valence-electron chi connectivity index (χ4n) is 0.854. The number of nitro benzene ring substituents is 1.